The van der Waals surface area contributed by atoms with Crippen molar-refractivity contribution < 1.29 is 4.74 Å². The summed E-state index contributed by atoms with van der Waals surface area (Å²) in [6.45, 7) is 2.02. The van der Waals surface area contributed by atoms with Gasteiger partial charge in [0.15, 0.2) is 0 Å². The van der Waals surface area contributed by atoms with Gasteiger partial charge in [-0.1, -0.05) is 18.2 Å². The predicted octanol–water partition coefficient (Wildman–Crippen LogP) is 4.22. The molecule has 1 aromatic carbocycles. The molecule has 0 unspecified atom stereocenters. The minimum atomic E-state index is 0.515. The van der Waals surface area contributed by atoms with E-state index in [9.17, 15) is 0 Å². The summed E-state index contributed by atoms with van der Waals surface area (Å²) in [4.78, 5) is 8.85. The van der Waals surface area contributed by atoms with Crippen molar-refractivity contribution in [2.24, 2.45) is 0 Å². The van der Waals surface area contributed by atoms with Crippen LogP contribution in [-0.4, -0.2) is 9.97 Å². The molecule has 1 aromatic heterocycles. The molecule has 3 nitrogen and oxygen atoms in total. The van der Waals surface area contributed by atoms with Gasteiger partial charge in [-0.05, 0) is 47.3 Å². The number of benzene rings is 1. The average Bonchev–Trinajstić information content (AvgIpc) is 3.15. The number of aryl methyl sites for hydroxylation is 1. The molecule has 0 bridgehead atoms. The van der Waals surface area contributed by atoms with Crippen LogP contribution in [0, 0.1) is 6.92 Å². The quantitative estimate of drug-likeness (QED) is 0.796. The summed E-state index contributed by atoms with van der Waals surface area (Å²) in [5, 5.41) is 0. The second-order valence-electron chi connectivity index (χ2n) is 4.53. The zero-order valence-corrected chi connectivity index (χ0v) is 11.6. The van der Waals surface area contributed by atoms with Gasteiger partial charge >= 0.3 is 0 Å². The first-order valence-electron chi connectivity index (χ1n) is 6.00. The minimum absolute atomic E-state index is 0.515. The molecule has 0 N–H and O–H groups in total. The van der Waals surface area contributed by atoms with Gasteiger partial charge in [-0.25, -0.2) is 4.98 Å². The monoisotopic (exact) mass is 304 g/mol. The van der Waals surface area contributed by atoms with Crippen molar-refractivity contribution in [1.82, 2.24) is 9.97 Å². The van der Waals surface area contributed by atoms with Crippen LogP contribution in [0.4, 0.5) is 0 Å². The summed E-state index contributed by atoms with van der Waals surface area (Å²) in [6, 6.07) is 9.72. The Morgan fingerprint density at radius 1 is 1.22 bits per heavy atom. The van der Waals surface area contributed by atoms with Gasteiger partial charge < -0.3 is 4.74 Å². The fraction of sp³-hybridized carbons (Fsp3) is 0.286. The van der Waals surface area contributed by atoms with Crippen molar-refractivity contribution in [2.75, 3.05) is 0 Å². The Bertz CT molecular complexity index is 582. The highest BCUT2D eigenvalue weighted by Crippen LogP contribution is 2.39. The van der Waals surface area contributed by atoms with E-state index in [-0.39, 0.29) is 0 Å². The maximum Gasteiger partial charge on any atom is 0.223 e. The third-order valence-electron chi connectivity index (χ3n) is 2.94. The van der Waals surface area contributed by atoms with Gasteiger partial charge in [0, 0.05) is 12.0 Å². The minimum Gasteiger partial charge on any atom is -0.439 e. The van der Waals surface area contributed by atoms with Crippen LogP contribution in [0.2, 0.25) is 0 Å². The third kappa shape index (κ3) is 2.53. The van der Waals surface area contributed by atoms with Gasteiger partial charge in [0.1, 0.15) is 16.2 Å². The topological polar surface area (TPSA) is 35.0 Å². The number of nitrogens with zero attached hydrogens (tertiary/aromatic N) is 2. The number of para-hydroxylation sites is 1. The van der Waals surface area contributed by atoms with E-state index in [2.05, 4.69) is 25.9 Å². The van der Waals surface area contributed by atoms with Crippen molar-refractivity contribution >= 4 is 15.9 Å². The largest absolute Gasteiger partial charge is 0.439 e. The maximum absolute atomic E-state index is 5.83. The fourth-order valence-corrected chi connectivity index (χ4v) is 2.15. The van der Waals surface area contributed by atoms with Gasteiger partial charge in [0.05, 0.1) is 0 Å². The lowest BCUT2D eigenvalue weighted by Gasteiger charge is -2.08. The van der Waals surface area contributed by atoms with Crippen molar-refractivity contribution in [3.8, 4) is 11.6 Å². The molecule has 92 valence electrons. The molecule has 18 heavy (non-hydrogen) atoms. The Morgan fingerprint density at radius 2 is 2.00 bits per heavy atom. The van der Waals surface area contributed by atoms with E-state index in [1.54, 1.807) is 6.07 Å². The van der Waals surface area contributed by atoms with Crippen LogP contribution in [0.25, 0.3) is 0 Å². The second-order valence-corrected chi connectivity index (χ2v) is 5.34. The van der Waals surface area contributed by atoms with Crippen LogP contribution in [0.15, 0.2) is 34.9 Å². The molecule has 3 rings (SSSR count). The first-order chi connectivity index (χ1) is 8.72. The first kappa shape index (κ1) is 11.7. The molecular weight excluding hydrogens is 292 g/mol. The van der Waals surface area contributed by atoms with E-state index < -0.39 is 0 Å². The number of halogens is 1. The lowest BCUT2D eigenvalue weighted by Crippen LogP contribution is -1.97. The highest BCUT2D eigenvalue weighted by atomic mass is 79.9. The van der Waals surface area contributed by atoms with Crippen LogP contribution in [0.5, 0.6) is 11.6 Å². The standard InChI is InChI=1S/C14H13BrN2O/c1-9-4-2-3-5-11(9)18-13-8-12(15)16-14(17-13)10-6-7-10/h2-5,8,10H,6-7H2,1H3. The highest BCUT2D eigenvalue weighted by Gasteiger charge is 2.27. The van der Waals surface area contributed by atoms with Crippen molar-refractivity contribution in [2.45, 2.75) is 25.7 Å². The Hall–Kier alpha value is -1.42. The molecule has 1 aliphatic rings. The summed E-state index contributed by atoms with van der Waals surface area (Å²) in [5.41, 5.74) is 1.10. The molecule has 2 aromatic rings. The number of aromatic nitrogens is 2. The summed E-state index contributed by atoms with van der Waals surface area (Å²) in [5.74, 6) is 2.84. The van der Waals surface area contributed by atoms with Gasteiger partial charge in [-0.2, -0.15) is 4.98 Å². The summed E-state index contributed by atoms with van der Waals surface area (Å²) >= 11 is 3.41. The summed E-state index contributed by atoms with van der Waals surface area (Å²) < 4.78 is 6.61. The lowest BCUT2D eigenvalue weighted by molar-refractivity contribution is 0.454. The molecule has 1 fully saturated rings. The van der Waals surface area contributed by atoms with Gasteiger partial charge in [0.25, 0.3) is 0 Å². The van der Waals surface area contributed by atoms with Crippen LogP contribution >= 0.6 is 15.9 Å². The van der Waals surface area contributed by atoms with E-state index in [4.69, 9.17) is 4.74 Å². The van der Waals surface area contributed by atoms with E-state index in [0.717, 1.165) is 21.7 Å². The third-order valence-corrected chi connectivity index (χ3v) is 3.35. The zero-order chi connectivity index (χ0) is 12.5. The van der Waals surface area contributed by atoms with E-state index in [1.165, 1.54) is 12.8 Å². The van der Waals surface area contributed by atoms with Crippen molar-refractivity contribution in [3.63, 3.8) is 0 Å². The molecule has 0 aliphatic heterocycles. The van der Waals surface area contributed by atoms with Crippen LogP contribution < -0.4 is 4.74 Å². The van der Waals surface area contributed by atoms with E-state index in [0.29, 0.717) is 11.8 Å². The molecule has 0 spiro atoms. The van der Waals surface area contributed by atoms with Crippen LogP contribution in [0.1, 0.15) is 30.1 Å². The molecule has 0 saturated heterocycles. The SMILES string of the molecule is Cc1ccccc1Oc1cc(Br)nc(C2CC2)n1. The number of hydrogen-bond acceptors (Lipinski definition) is 3. The Kier molecular flexibility index (Phi) is 3.04. The molecule has 4 heteroatoms. The zero-order valence-electron chi connectivity index (χ0n) is 10.1. The highest BCUT2D eigenvalue weighted by molar-refractivity contribution is 9.10. The number of rotatable bonds is 3. The van der Waals surface area contributed by atoms with Crippen molar-refractivity contribution in [1.29, 1.82) is 0 Å². The maximum atomic E-state index is 5.83. The Morgan fingerprint density at radius 3 is 2.72 bits per heavy atom. The van der Waals surface area contributed by atoms with Crippen molar-refractivity contribution in [3.05, 3.63) is 46.3 Å². The average molecular weight is 305 g/mol. The normalized spacial score (nSPS) is 14.6. The molecule has 0 radical (unpaired) electrons. The molecule has 0 amide bonds. The van der Waals surface area contributed by atoms with Gasteiger partial charge in [-0.15, -0.1) is 0 Å². The molecule has 1 heterocycles. The number of ether oxygens (including phenoxy) is 1. The second kappa shape index (κ2) is 4.69. The number of hydrogen-bond donors (Lipinski definition) is 0. The smallest absolute Gasteiger partial charge is 0.223 e. The van der Waals surface area contributed by atoms with Gasteiger partial charge in [-0.3, -0.25) is 0 Å². The Labute approximate surface area is 114 Å². The molecule has 1 saturated carbocycles. The summed E-state index contributed by atoms with van der Waals surface area (Å²) in [7, 11) is 0. The van der Waals surface area contributed by atoms with Gasteiger partial charge in [0.2, 0.25) is 5.88 Å². The molecule has 1 aliphatic carbocycles. The first-order valence-corrected chi connectivity index (χ1v) is 6.79. The fourth-order valence-electron chi connectivity index (χ4n) is 1.77. The Balaban J connectivity index is 1.90. The van der Waals surface area contributed by atoms with E-state index >= 15 is 0 Å². The summed E-state index contributed by atoms with van der Waals surface area (Å²) in [6.07, 6.45) is 2.36. The molecule has 0 atom stereocenters. The van der Waals surface area contributed by atoms with E-state index in [1.807, 2.05) is 31.2 Å². The molecular formula is C14H13BrN2O. The van der Waals surface area contributed by atoms with Crippen LogP contribution in [-0.2, 0) is 0 Å². The lowest BCUT2D eigenvalue weighted by atomic mass is 10.2. The predicted molar refractivity (Wildman–Crippen MR) is 73.0 cm³/mol. The van der Waals surface area contributed by atoms with Crippen LogP contribution in [0.3, 0.4) is 0 Å².